The second-order valence-corrected chi connectivity index (χ2v) is 5.74. The van der Waals surface area contributed by atoms with E-state index in [1.807, 2.05) is 62.4 Å². The first-order valence-corrected chi connectivity index (χ1v) is 7.51. The third-order valence-electron chi connectivity index (χ3n) is 4.22. The molecule has 0 unspecified atom stereocenters. The lowest BCUT2D eigenvalue weighted by molar-refractivity contribution is 0.0940. The van der Waals surface area contributed by atoms with Crippen LogP contribution < -0.4 is 5.32 Å². The molecule has 3 aromatic rings. The van der Waals surface area contributed by atoms with Crippen molar-refractivity contribution in [2.75, 3.05) is 0 Å². The van der Waals surface area contributed by atoms with Crippen LogP contribution in [0.4, 0.5) is 0 Å². The van der Waals surface area contributed by atoms with Crippen LogP contribution in [-0.4, -0.2) is 10.9 Å². The van der Waals surface area contributed by atoms with Crippen molar-refractivity contribution in [3.05, 3.63) is 70.9 Å². The summed E-state index contributed by atoms with van der Waals surface area (Å²) in [4.78, 5) is 15.8. The Hall–Kier alpha value is -2.55. The van der Waals surface area contributed by atoms with Gasteiger partial charge in [-0.15, -0.1) is 0 Å². The Bertz CT molecular complexity index is 818. The number of fused-ring (bicyclic) bond motifs is 1. The number of hydrogen-bond donors (Lipinski definition) is 2. The van der Waals surface area contributed by atoms with E-state index in [0.717, 1.165) is 22.2 Å². The molecule has 3 nitrogen and oxygen atoms in total. The quantitative estimate of drug-likeness (QED) is 0.743. The van der Waals surface area contributed by atoms with Crippen LogP contribution in [0.25, 0.3) is 10.9 Å². The van der Waals surface area contributed by atoms with Crippen LogP contribution in [0.15, 0.2) is 48.5 Å². The van der Waals surface area contributed by atoms with Crippen LogP contribution in [0.1, 0.15) is 40.1 Å². The number of rotatable bonds is 3. The van der Waals surface area contributed by atoms with E-state index in [9.17, 15) is 4.79 Å². The number of aryl methyl sites for hydroxylation is 2. The molecule has 1 heterocycles. The first-order valence-electron chi connectivity index (χ1n) is 7.51. The summed E-state index contributed by atoms with van der Waals surface area (Å²) in [5.74, 6) is -0.0449. The van der Waals surface area contributed by atoms with E-state index in [1.54, 1.807) is 0 Å². The van der Waals surface area contributed by atoms with Gasteiger partial charge in [-0.2, -0.15) is 0 Å². The lowest BCUT2D eigenvalue weighted by atomic mass is 10.1. The van der Waals surface area contributed by atoms with Crippen molar-refractivity contribution in [3.8, 4) is 0 Å². The Balaban J connectivity index is 1.84. The molecule has 0 aliphatic heterocycles. The van der Waals surface area contributed by atoms with Crippen molar-refractivity contribution >= 4 is 16.8 Å². The molecule has 0 saturated carbocycles. The molecule has 1 amide bonds. The first-order chi connectivity index (χ1) is 10.6. The topological polar surface area (TPSA) is 44.9 Å². The van der Waals surface area contributed by atoms with Gasteiger partial charge in [0.1, 0.15) is 0 Å². The minimum Gasteiger partial charge on any atom is -0.358 e. The molecule has 1 atom stereocenters. The average molecular weight is 292 g/mol. The predicted octanol–water partition coefficient (Wildman–Crippen LogP) is 4.28. The number of carbonyl (C=O) groups excluding carboxylic acids is 1. The zero-order valence-corrected chi connectivity index (χ0v) is 13.1. The fraction of sp³-hybridized carbons (Fsp3) is 0.211. The zero-order valence-electron chi connectivity index (χ0n) is 13.1. The zero-order chi connectivity index (χ0) is 15.7. The van der Waals surface area contributed by atoms with Gasteiger partial charge in [0.2, 0.25) is 0 Å². The van der Waals surface area contributed by atoms with Gasteiger partial charge >= 0.3 is 0 Å². The van der Waals surface area contributed by atoms with Crippen LogP contribution >= 0.6 is 0 Å². The van der Waals surface area contributed by atoms with Crippen LogP contribution in [0.5, 0.6) is 0 Å². The summed E-state index contributed by atoms with van der Waals surface area (Å²) in [5.41, 5.74) is 5.21. The number of amides is 1. The SMILES string of the molecule is Cc1[nH]c2ccc(C(=O)N[C@H](C)c3ccccc3)cc2c1C. The van der Waals surface area contributed by atoms with Crippen molar-refractivity contribution in [2.24, 2.45) is 0 Å². The normalized spacial score (nSPS) is 12.3. The molecule has 0 spiro atoms. The highest BCUT2D eigenvalue weighted by molar-refractivity contribution is 5.99. The first kappa shape index (κ1) is 14.4. The molecule has 3 rings (SSSR count). The largest absolute Gasteiger partial charge is 0.358 e. The molecule has 2 aromatic carbocycles. The van der Waals surface area contributed by atoms with Crippen molar-refractivity contribution in [3.63, 3.8) is 0 Å². The maximum absolute atomic E-state index is 12.5. The molecule has 0 bridgehead atoms. The van der Waals surface area contributed by atoms with Crippen molar-refractivity contribution in [1.82, 2.24) is 10.3 Å². The molecule has 0 fully saturated rings. The van der Waals surface area contributed by atoms with E-state index < -0.39 is 0 Å². The lowest BCUT2D eigenvalue weighted by Crippen LogP contribution is -2.26. The predicted molar refractivity (Wildman–Crippen MR) is 90.1 cm³/mol. The summed E-state index contributed by atoms with van der Waals surface area (Å²) in [6.45, 7) is 6.12. The molecular weight excluding hydrogens is 272 g/mol. The highest BCUT2D eigenvalue weighted by atomic mass is 16.1. The van der Waals surface area contributed by atoms with Gasteiger partial charge in [-0.25, -0.2) is 0 Å². The van der Waals surface area contributed by atoms with Gasteiger partial charge in [0, 0.05) is 22.2 Å². The van der Waals surface area contributed by atoms with E-state index in [1.165, 1.54) is 5.56 Å². The number of hydrogen-bond acceptors (Lipinski definition) is 1. The summed E-state index contributed by atoms with van der Waals surface area (Å²) in [6.07, 6.45) is 0. The maximum Gasteiger partial charge on any atom is 0.251 e. The lowest BCUT2D eigenvalue weighted by Gasteiger charge is -2.14. The molecule has 0 aliphatic carbocycles. The molecule has 112 valence electrons. The highest BCUT2D eigenvalue weighted by Gasteiger charge is 2.13. The molecule has 22 heavy (non-hydrogen) atoms. The Morgan fingerprint density at radius 3 is 2.55 bits per heavy atom. The number of nitrogens with one attached hydrogen (secondary N) is 2. The minimum absolute atomic E-state index is 0.0153. The van der Waals surface area contributed by atoms with E-state index in [2.05, 4.69) is 17.2 Å². The number of H-pyrrole nitrogens is 1. The van der Waals surface area contributed by atoms with Gasteiger partial charge < -0.3 is 10.3 Å². The Morgan fingerprint density at radius 2 is 1.82 bits per heavy atom. The van der Waals surface area contributed by atoms with Gasteiger partial charge in [-0.05, 0) is 50.1 Å². The van der Waals surface area contributed by atoms with E-state index in [0.29, 0.717) is 5.56 Å². The molecular formula is C19H20N2O. The third-order valence-corrected chi connectivity index (χ3v) is 4.22. The van der Waals surface area contributed by atoms with Gasteiger partial charge in [-0.3, -0.25) is 4.79 Å². The summed E-state index contributed by atoms with van der Waals surface area (Å²) in [6, 6.07) is 15.8. The fourth-order valence-electron chi connectivity index (χ4n) is 2.71. The number of aromatic amines is 1. The van der Waals surface area contributed by atoms with Crippen molar-refractivity contribution < 1.29 is 4.79 Å². The van der Waals surface area contributed by atoms with Gasteiger partial charge in [0.25, 0.3) is 5.91 Å². The number of benzene rings is 2. The fourth-order valence-corrected chi connectivity index (χ4v) is 2.71. The smallest absolute Gasteiger partial charge is 0.251 e. The highest BCUT2D eigenvalue weighted by Crippen LogP contribution is 2.22. The van der Waals surface area contributed by atoms with Crippen LogP contribution in [0.2, 0.25) is 0 Å². The molecule has 3 heteroatoms. The Labute approximate surface area is 130 Å². The van der Waals surface area contributed by atoms with E-state index >= 15 is 0 Å². The minimum atomic E-state index is -0.0449. The standard InChI is InChI=1S/C19H20N2O/c1-12-13(2)20-18-10-9-16(11-17(12)18)19(22)21-14(3)15-7-5-4-6-8-15/h4-11,14,20H,1-3H3,(H,21,22)/t14-/m1/s1. The summed E-state index contributed by atoms with van der Waals surface area (Å²) >= 11 is 0. The number of aromatic nitrogens is 1. The molecule has 0 aliphatic rings. The van der Waals surface area contributed by atoms with Crippen molar-refractivity contribution in [2.45, 2.75) is 26.8 Å². The Morgan fingerprint density at radius 1 is 1.09 bits per heavy atom. The van der Waals surface area contributed by atoms with Crippen LogP contribution in [0, 0.1) is 13.8 Å². The monoisotopic (exact) mass is 292 g/mol. The number of carbonyl (C=O) groups is 1. The van der Waals surface area contributed by atoms with E-state index in [4.69, 9.17) is 0 Å². The molecule has 0 saturated heterocycles. The van der Waals surface area contributed by atoms with Crippen LogP contribution in [-0.2, 0) is 0 Å². The average Bonchev–Trinajstić information content (AvgIpc) is 2.82. The molecule has 2 N–H and O–H groups in total. The molecule has 1 aromatic heterocycles. The third kappa shape index (κ3) is 2.62. The summed E-state index contributed by atoms with van der Waals surface area (Å²) in [5, 5.41) is 4.16. The van der Waals surface area contributed by atoms with Gasteiger partial charge in [-0.1, -0.05) is 30.3 Å². The second-order valence-electron chi connectivity index (χ2n) is 5.74. The maximum atomic E-state index is 12.5. The van der Waals surface area contributed by atoms with Crippen molar-refractivity contribution in [1.29, 1.82) is 0 Å². The van der Waals surface area contributed by atoms with Gasteiger partial charge in [0.05, 0.1) is 6.04 Å². The summed E-state index contributed by atoms with van der Waals surface area (Å²) < 4.78 is 0. The van der Waals surface area contributed by atoms with E-state index in [-0.39, 0.29) is 11.9 Å². The van der Waals surface area contributed by atoms with Crippen LogP contribution in [0.3, 0.4) is 0 Å². The van der Waals surface area contributed by atoms with Gasteiger partial charge in [0.15, 0.2) is 0 Å². The molecule has 0 radical (unpaired) electrons. The summed E-state index contributed by atoms with van der Waals surface area (Å²) in [7, 11) is 0. The second kappa shape index (κ2) is 5.68. The Kier molecular flexibility index (Phi) is 3.72.